The molecule has 0 bridgehead atoms. The Balaban J connectivity index is 1.56. The average Bonchev–Trinajstić information content (AvgIpc) is 3.22. The number of anilines is 2. The number of nitrogens with one attached hydrogen (secondary N) is 1. The first-order valence-corrected chi connectivity index (χ1v) is 12.4. The van der Waals surface area contributed by atoms with Crippen LogP contribution < -0.4 is 15.0 Å². The third-order valence-corrected chi connectivity index (χ3v) is 8.42. The number of carbonyl (C=O) groups is 1. The molecule has 0 aliphatic carbocycles. The van der Waals surface area contributed by atoms with Crippen molar-refractivity contribution in [1.29, 1.82) is 0 Å². The number of aliphatic imine (C=N–C) groups is 1. The Kier molecular flexibility index (Phi) is 5.94. The van der Waals surface area contributed by atoms with E-state index in [1.54, 1.807) is 43.2 Å². The van der Waals surface area contributed by atoms with Crippen molar-refractivity contribution in [3.63, 3.8) is 0 Å². The molecule has 2 aliphatic heterocycles. The summed E-state index contributed by atoms with van der Waals surface area (Å²) in [5.41, 5.74) is 1.59. The number of carbonyl (C=O) groups excluding carboxylic acids is 1. The number of nitrogens with zero attached hydrogens (tertiary/aromatic N) is 2. The number of rotatable bonds is 5. The molecule has 164 valence electrons. The molecule has 0 radical (unpaired) electrons. The van der Waals surface area contributed by atoms with Crippen LogP contribution in [0.2, 0.25) is 0 Å². The van der Waals surface area contributed by atoms with E-state index in [1.165, 1.54) is 17.8 Å². The maximum absolute atomic E-state index is 13.8. The maximum atomic E-state index is 13.8. The molecule has 10 heteroatoms. The molecule has 0 spiro atoms. The van der Waals surface area contributed by atoms with Crippen molar-refractivity contribution in [2.75, 3.05) is 35.4 Å². The van der Waals surface area contributed by atoms with Gasteiger partial charge in [0.05, 0.1) is 24.7 Å². The van der Waals surface area contributed by atoms with Crippen LogP contribution in [-0.4, -0.2) is 55.9 Å². The highest BCUT2D eigenvalue weighted by atomic mass is 32.2. The van der Waals surface area contributed by atoms with Crippen molar-refractivity contribution in [2.45, 2.75) is 18.2 Å². The Morgan fingerprint density at radius 3 is 2.65 bits per heavy atom. The number of fused-ring (bicyclic) bond motifs is 1. The summed E-state index contributed by atoms with van der Waals surface area (Å²) in [5, 5.41) is 3.17. The summed E-state index contributed by atoms with van der Waals surface area (Å²) in [7, 11) is -1.51. The number of sulfone groups is 1. The molecule has 2 aromatic rings. The van der Waals surface area contributed by atoms with Crippen LogP contribution >= 0.6 is 11.8 Å². The summed E-state index contributed by atoms with van der Waals surface area (Å²) in [6.07, 6.45) is 0. The number of halogens is 1. The summed E-state index contributed by atoms with van der Waals surface area (Å²) >= 11 is 1.37. The second-order valence-corrected chi connectivity index (χ2v) is 10.9. The third-order valence-electron chi connectivity index (χ3n) is 5.18. The summed E-state index contributed by atoms with van der Waals surface area (Å²) < 4.78 is 42.8. The minimum absolute atomic E-state index is 0.0272. The first-order chi connectivity index (χ1) is 14.7. The molecule has 1 saturated heterocycles. The van der Waals surface area contributed by atoms with E-state index in [2.05, 4.69) is 10.3 Å². The number of ether oxygens (including phenoxy) is 1. The number of hydrogen-bond donors (Lipinski definition) is 1. The molecule has 1 fully saturated rings. The number of methoxy groups -OCH3 is 1. The van der Waals surface area contributed by atoms with Gasteiger partial charge in [-0.3, -0.25) is 9.79 Å². The van der Waals surface area contributed by atoms with E-state index in [4.69, 9.17) is 4.74 Å². The van der Waals surface area contributed by atoms with Gasteiger partial charge in [-0.15, -0.1) is 0 Å². The van der Waals surface area contributed by atoms with Crippen LogP contribution in [0.3, 0.4) is 0 Å². The molecule has 0 aromatic heterocycles. The molecule has 2 aliphatic rings. The van der Waals surface area contributed by atoms with Gasteiger partial charge in [0.25, 0.3) is 0 Å². The molecule has 7 nitrogen and oxygen atoms in total. The second kappa shape index (κ2) is 8.51. The van der Waals surface area contributed by atoms with E-state index in [9.17, 15) is 17.6 Å². The monoisotopic (exact) mass is 463 g/mol. The lowest BCUT2D eigenvalue weighted by molar-refractivity contribution is -0.114. The summed E-state index contributed by atoms with van der Waals surface area (Å²) in [6, 6.07) is 11.4. The predicted molar refractivity (Wildman–Crippen MR) is 121 cm³/mol. The molecule has 2 atom stereocenters. The summed E-state index contributed by atoms with van der Waals surface area (Å²) in [5.74, 6) is 0.0500. The SMILES string of the molecule is COc1ccc(N(CC(=O)Nc2ccc(C)c(F)c2)C2=N[C@H]3CS(=O)(=O)C[C@@H]3S2)cc1. The number of aryl methyl sites for hydroxylation is 1. The van der Waals surface area contributed by atoms with Gasteiger partial charge in [0.2, 0.25) is 5.91 Å². The molecule has 2 aromatic carbocycles. The largest absolute Gasteiger partial charge is 0.497 e. The zero-order valence-electron chi connectivity index (χ0n) is 17.0. The smallest absolute Gasteiger partial charge is 0.244 e. The Morgan fingerprint density at radius 1 is 1.26 bits per heavy atom. The van der Waals surface area contributed by atoms with Gasteiger partial charge in [-0.2, -0.15) is 0 Å². The topological polar surface area (TPSA) is 88.1 Å². The van der Waals surface area contributed by atoms with Crippen molar-refractivity contribution in [2.24, 2.45) is 4.99 Å². The van der Waals surface area contributed by atoms with E-state index in [1.807, 2.05) is 12.1 Å². The van der Waals surface area contributed by atoms with E-state index < -0.39 is 15.7 Å². The number of hydrogen-bond acceptors (Lipinski definition) is 7. The zero-order valence-corrected chi connectivity index (χ0v) is 18.7. The Morgan fingerprint density at radius 2 is 2.00 bits per heavy atom. The quantitative estimate of drug-likeness (QED) is 0.734. The normalized spacial score (nSPS) is 21.3. The number of amides is 1. The lowest BCUT2D eigenvalue weighted by Crippen LogP contribution is -2.36. The van der Waals surface area contributed by atoms with Gasteiger partial charge in [0, 0.05) is 16.6 Å². The molecule has 0 unspecified atom stereocenters. The minimum atomic E-state index is -3.08. The van der Waals surface area contributed by atoms with Crippen molar-refractivity contribution in [1.82, 2.24) is 0 Å². The van der Waals surface area contributed by atoms with Gasteiger partial charge >= 0.3 is 0 Å². The number of amidine groups is 1. The molecule has 1 amide bonds. The van der Waals surface area contributed by atoms with Gasteiger partial charge in [0.15, 0.2) is 15.0 Å². The van der Waals surface area contributed by atoms with Gasteiger partial charge in [-0.05, 0) is 48.9 Å². The first-order valence-electron chi connectivity index (χ1n) is 9.66. The van der Waals surface area contributed by atoms with Crippen molar-refractivity contribution >= 4 is 44.0 Å². The number of benzene rings is 2. The highest BCUT2D eigenvalue weighted by molar-refractivity contribution is 8.15. The number of thioether (sulfide) groups is 1. The molecular weight excluding hydrogens is 441 g/mol. The van der Waals surface area contributed by atoms with Crippen molar-refractivity contribution in [3.8, 4) is 5.75 Å². The van der Waals surface area contributed by atoms with E-state index in [0.29, 0.717) is 22.2 Å². The van der Waals surface area contributed by atoms with Crippen molar-refractivity contribution in [3.05, 3.63) is 53.8 Å². The second-order valence-electron chi connectivity index (χ2n) is 7.51. The molecular formula is C21H22FN3O4S2. The molecule has 1 N–H and O–H groups in total. The summed E-state index contributed by atoms with van der Waals surface area (Å²) in [6.45, 7) is 1.60. The molecule has 2 heterocycles. The lowest BCUT2D eigenvalue weighted by Gasteiger charge is -2.24. The van der Waals surface area contributed by atoms with E-state index in [0.717, 1.165) is 5.69 Å². The van der Waals surface area contributed by atoms with Gasteiger partial charge in [-0.1, -0.05) is 17.8 Å². The highest BCUT2D eigenvalue weighted by Gasteiger charge is 2.44. The Bertz CT molecular complexity index is 1140. The Labute approximate surface area is 184 Å². The zero-order chi connectivity index (χ0) is 22.2. The van der Waals surface area contributed by atoms with Crippen LogP contribution in [0.15, 0.2) is 47.5 Å². The van der Waals surface area contributed by atoms with Gasteiger partial charge in [0.1, 0.15) is 18.1 Å². The Hall–Kier alpha value is -2.59. The van der Waals surface area contributed by atoms with Crippen LogP contribution in [0.5, 0.6) is 5.75 Å². The third kappa shape index (κ3) is 4.85. The molecule has 0 saturated carbocycles. The minimum Gasteiger partial charge on any atom is -0.497 e. The van der Waals surface area contributed by atoms with Gasteiger partial charge in [-0.25, -0.2) is 12.8 Å². The summed E-state index contributed by atoms with van der Waals surface area (Å²) in [4.78, 5) is 19.1. The average molecular weight is 464 g/mol. The fourth-order valence-corrected chi connectivity index (χ4v) is 7.30. The first kappa shape index (κ1) is 21.6. The van der Waals surface area contributed by atoms with E-state index >= 15 is 0 Å². The standard InChI is InChI=1S/C21H22FN3O4S2/c1-13-3-4-14(9-17(13)22)23-20(26)10-25(15-5-7-16(29-2)8-6-15)21-24-18-11-31(27,28)12-19(18)30-21/h3-9,18-19H,10-12H2,1-2H3,(H,23,26)/t18-,19-/m0/s1. The predicted octanol–water partition coefficient (Wildman–Crippen LogP) is 2.86. The van der Waals surface area contributed by atoms with E-state index in [-0.39, 0.29) is 35.2 Å². The fourth-order valence-electron chi connectivity index (χ4n) is 3.52. The van der Waals surface area contributed by atoms with Crippen LogP contribution in [0.25, 0.3) is 0 Å². The van der Waals surface area contributed by atoms with Crippen LogP contribution in [0.1, 0.15) is 5.56 Å². The van der Waals surface area contributed by atoms with Crippen LogP contribution in [0.4, 0.5) is 15.8 Å². The van der Waals surface area contributed by atoms with Crippen LogP contribution in [0, 0.1) is 12.7 Å². The van der Waals surface area contributed by atoms with Crippen molar-refractivity contribution < 1.29 is 22.3 Å². The molecule has 31 heavy (non-hydrogen) atoms. The maximum Gasteiger partial charge on any atom is 0.244 e. The fraction of sp³-hybridized carbons (Fsp3) is 0.333. The lowest BCUT2D eigenvalue weighted by atomic mass is 10.2. The van der Waals surface area contributed by atoms with Crippen LogP contribution in [-0.2, 0) is 14.6 Å². The highest BCUT2D eigenvalue weighted by Crippen LogP contribution is 2.37. The van der Waals surface area contributed by atoms with Gasteiger partial charge < -0.3 is 15.0 Å². The molecule has 4 rings (SSSR count).